The molecule has 1 N–H and O–H groups in total. The first-order valence-electron chi connectivity index (χ1n) is 14.7. The number of benzene rings is 4. The number of aryl methyl sites for hydroxylation is 1. The molecule has 2 atom stereocenters. The molecule has 0 saturated carbocycles. The summed E-state index contributed by atoms with van der Waals surface area (Å²) in [4.78, 5) is 29.9. The lowest BCUT2D eigenvalue weighted by molar-refractivity contribution is -0.140. The standard InChI is InChI=1S/C35H37BrClN3O4S/c1-4-26(3)38-35(42)33(21-27-11-7-5-8-12-27)39(23-28-16-18-29(36)19-17-28)34(41)24-40(30-20-15-25(2)32(37)22-30)45(43,44)31-13-9-6-10-14-31/h5-20,22,26,33H,4,21,23-24H2,1-3H3,(H,38,42)/t26-,33+/m1/s1. The number of sulfonamides is 1. The van der Waals surface area contributed by atoms with E-state index >= 15 is 0 Å². The molecule has 0 spiro atoms. The van der Waals surface area contributed by atoms with Crippen LogP contribution in [0.3, 0.4) is 0 Å². The number of nitrogens with one attached hydrogen (secondary N) is 1. The zero-order chi connectivity index (χ0) is 32.6. The van der Waals surface area contributed by atoms with E-state index in [1.165, 1.54) is 17.0 Å². The van der Waals surface area contributed by atoms with E-state index in [4.69, 9.17) is 11.6 Å². The SMILES string of the molecule is CC[C@@H](C)NC(=O)[C@H](Cc1ccccc1)N(Cc1ccc(Br)cc1)C(=O)CN(c1ccc(C)c(Cl)c1)S(=O)(=O)c1ccccc1. The van der Waals surface area contributed by atoms with E-state index in [1.807, 2.05) is 75.4 Å². The largest absolute Gasteiger partial charge is 0.352 e. The fourth-order valence-electron chi connectivity index (χ4n) is 4.77. The molecule has 0 radical (unpaired) electrons. The lowest BCUT2D eigenvalue weighted by atomic mass is 10.0. The number of hydrogen-bond donors (Lipinski definition) is 1. The second-order valence-corrected chi connectivity index (χ2v) is 14.1. The Morgan fingerprint density at radius 3 is 2.11 bits per heavy atom. The number of nitrogens with zero attached hydrogens (tertiary/aromatic N) is 2. The zero-order valence-electron chi connectivity index (χ0n) is 25.5. The molecule has 0 heterocycles. The highest BCUT2D eigenvalue weighted by molar-refractivity contribution is 9.10. The van der Waals surface area contributed by atoms with Crippen LogP contribution in [0.4, 0.5) is 5.69 Å². The van der Waals surface area contributed by atoms with E-state index in [9.17, 15) is 18.0 Å². The summed E-state index contributed by atoms with van der Waals surface area (Å²) < 4.78 is 30.1. The quantitative estimate of drug-likeness (QED) is 0.160. The fourth-order valence-corrected chi connectivity index (χ4v) is 6.63. The van der Waals surface area contributed by atoms with Gasteiger partial charge in [0.15, 0.2) is 0 Å². The normalized spacial score (nSPS) is 12.6. The molecular formula is C35H37BrClN3O4S. The molecule has 4 aromatic carbocycles. The topological polar surface area (TPSA) is 86.8 Å². The molecule has 0 aliphatic carbocycles. The van der Waals surface area contributed by atoms with Crippen molar-refractivity contribution < 1.29 is 18.0 Å². The van der Waals surface area contributed by atoms with Crippen LogP contribution in [-0.4, -0.2) is 43.8 Å². The summed E-state index contributed by atoms with van der Waals surface area (Å²) in [5.74, 6) is -0.844. The Morgan fingerprint density at radius 2 is 1.51 bits per heavy atom. The van der Waals surface area contributed by atoms with Gasteiger partial charge in [-0.05, 0) is 73.4 Å². The van der Waals surface area contributed by atoms with Gasteiger partial charge in [-0.1, -0.05) is 101 Å². The number of carbonyl (C=O) groups is 2. The second-order valence-electron chi connectivity index (χ2n) is 10.9. The monoisotopic (exact) mass is 709 g/mol. The van der Waals surface area contributed by atoms with Gasteiger partial charge >= 0.3 is 0 Å². The number of rotatable bonds is 13. The summed E-state index contributed by atoms with van der Waals surface area (Å²) in [5.41, 5.74) is 2.67. The predicted molar refractivity (Wildman–Crippen MR) is 184 cm³/mol. The zero-order valence-corrected chi connectivity index (χ0v) is 28.6. The Hall–Kier alpha value is -3.66. The van der Waals surface area contributed by atoms with Gasteiger partial charge in [0.05, 0.1) is 10.6 Å². The number of hydrogen-bond acceptors (Lipinski definition) is 4. The highest BCUT2D eigenvalue weighted by atomic mass is 79.9. The molecule has 4 rings (SSSR count). The van der Waals surface area contributed by atoms with E-state index < -0.39 is 28.5 Å². The maximum Gasteiger partial charge on any atom is 0.264 e. The third-order valence-corrected chi connectivity index (χ3v) is 10.3. The number of carbonyl (C=O) groups excluding carboxylic acids is 2. The van der Waals surface area contributed by atoms with Crippen LogP contribution < -0.4 is 9.62 Å². The molecule has 0 bridgehead atoms. The Labute approximate surface area is 279 Å². The van der Waals surface area contributed by atoms with Crippen LogP contribution in [0.25, 0.3) is 0 Å². The highest BCUT2D eigenvalue weighted by Gasteiger charge is 2.35. The van der Waals surface area contributed by atoms with Crippen LogP contribution in [-0.2, 0) is 32.6 Å². The van der Waals surface area contributed by atoms with Crippen molar-refractivity contribution in [3.63, 3.8) is 0 Å². The minimum absolute atomic E-state index is 0.0318. The number of halogens is 2. The van der Waals surface area contributed by atoms with E-state index in [2.05, 4.69) is 21.2 Å². The minimum Gasteiger partial charge on any atom is -0.352 e. The van der Waals surface area contributed by atoms with Crippen LogP contribution >= 0.6 is 27.5 Å². The lowest BCUT2D eigenvalue weighted by Crippen LogP contribution is -2.54. The summed E-state index contributed by atoms with van der Waals surface area (Å²) >= 11 is 9.90. The molecule has 10 heteroatoms. The van der Waals surface area contributed by atoms with Crippen LogP contribution in [0.5, 0.6) is 0 Å². The van der Waals surface area contributed by atoms with Crippen molar-refractivity contribution in [3.8, 4) is 0 Å². The van der Waals surface area contributed by atoms with E-state index in [0.717, 1.165) is 25.5 Å². The van der Waals surface area contributed by atoms with Gasteiger partial charge in [0, 0.05) is 28.5 Å². The first kappa shape index (κ1) is 34.2. The molecule has 45 heavy (non-hydrogen) atoms. The summed E-state index contributed by atoms with van der Waals surface area (Å²) in [7, 11) is -4.20. The molecule has 236 valence electrons. The molecule has 2 amide bonds. The maximum absolute atomic E-state index is 14.5. The van der Waals surface area contributed by atoms with Gasteiger partial charge in [0.1, 0.15) is 12.6 Å². The van der Waals surface area contributed by atoms with Crippen LogP contribution in [0.2, 0.25) is 5.02 Å². The summed E-state index contributed by atoms with van der Waals surface area (Å²) in [6.45, 7) is 5.24. The van der Waals surface area contributed by atoms with E-state index in [1.54, 1.807) is 36.4 Å². The molecule has 0 aromatic heterocycles. The number of anilines is 1. The third kappa shape index (κ3) is 8.96. The Bertz CT molecular complexity index is 1700. The fraction of sp³-hybridized carbons (Fsp3) is 0.257. The van der Waals surface area contributed by atoms with Crippen molar-refractivity contribution in [2.24, 2.45) is 0 Å². The predicted octanol–water partition coefficient (Wildman–Crippen LogP) is 7.16. The van der Waals surface area contributed by atoms with Gasteiger partial charge in [-0.3, -0.25) is 13.9 Å². The molecule has 4 aromatic rings. The van der Waals surface area contributed by atoms with Crippen molar-refractivity contribution in [2.45, 2.75) is 57.1 Å². The average molecular weight is 711 g/mol. The van der Waals surface area contributed by atoms with Crippen molar-refractivity contribution in [1.29, 1.82) is 0 Å². The lowest BCUT2D eigenvalue weighted by Gasteiger charge is -2.34. The maximum atomic E-state index is 14.5. The second kappa shape index (κ2) is 15.6. The van der Waals surface area contributed by atoms with Crippen molar-refractivity contribution in [3.05, 3.63) is 129 Å². The first-order chi connectivity index (χ1) is 21.5. The average Bonchev–Trinajstić information content (AvgIpc) is 3.04. The molecule has 0 saturated heterocycles. The van der Waals surface area contributed by atoms with E-state index in [-0.39, 0.29) is 35.5 Å². The van der Waals surface area contributed by atoms with Gasteiger partial charge in [-0.2, -0.15) is 0 Å². The van der Waals surface area contributed by atoms with Crippen molar-refractivity contribution >= 4 is 55.1 Å². The first-order valence-corrected chi connectivity index (χ1v) is 17.3. The van der Waals surface area contributed by atoms with Crippen molar-refractivity contribution in [2.75, 3.05) is 10.8 Å². The van der Waals surface area contributed by atoms with Crippen LogP contribution in [0.15, 0.2) is 112 Å². The third-order valence-electron chi connectivity index (χ3n) is 7.59. The van der Waals surface area contributed by atoms with Crippen LogP contribution in [0, 0.1) is 6.92 Å². The summed E-state index contributed by atoms with van der Waals surface area (Å²) in [6.07, 6.45) is 0.953. The summed E-state index contributed by atoms with van der Waals surface area (Å²) in [6, 6.07) is 28.8. The molecule has 7 nitrogen and oxygen atoms in total. The van der Waals surface area contributed by atoms with Crippen molar-refractivity contribution in [1.82, 2.24) is 10.2 Å². The molecule has 0 aliphatic heterocycles. The number of amides is 2. The Morgan fingerprint density at radius 1 is 0.889 bits per heavy atom. The van der Waals surface area contributed by atoms with Crippen LogP contribution in [0.1, 0.15) is 37.0 Å². The highest BCUT2D eigenvalue weighted by Crippen LogP contribution is 2.29. The van der Waals surface area contributed by atoms with Gasteiger partial charge in [0.25, 0.3) is 10.0 Å². The van der Waals surface area contributed by atoms with Gasteiger partial charge in [0.2, 0.25) is 11.8 Å². The molecule has 0 fully saturated rings. The van der Waals surface area contributed by atoms with E-state index in [0.29, 0.717) is 11.4 Å². The van der Waals surface area contributed by atoms with Gasteiger partial charge in [-0.15, -0.1) is 0 Å². The Balaban J connectivity index is 1.81. The van der Waals surface area contributed by atoms with Gasteiger partial charge in [-0.25, -0.2) is 8.42 Å². The Kier molecular flexibility index (Phi) is 11.8. The molecule has 0 unspecified atom stereocenters. The molecular weight excluding hydrogens is 674 g/mol. The minimum atomic E-state index is -4.20. The summed E-state index contributed by atoms with van der Waals surface area (Å²) in [5, 5.41) is 3.42. The molecule has 0 aliphatic rings. The van der Waals surface area contributed by atoms with Gasteiger partial charge < -0.3 is 10.2 Å². The smallest absolute Gasteiger partial charge is 0.264 e.